The molecule has 0 aromatic rings. The molecule has 0 saturated heterocycles. The van der Waals surface area contributed by atoms with Gasteiger partial charge in [0.1, 0.15) is 19.3 Å². The highest BCUT2D eigenvalue weighted by atomic mass is 31.2. The summed E-state index contributed by atoms with van der Waals surface area (Å²) in [6.07, 6.45) is 51.9. The van der Waals surface area contributed by atoms with E-state index in [9.17, 15) is 43.2 Å². The van der Waals surface area contributed by atoms with Crippen LogP contribution in [-0.2, 0) is 65.4 Å². The number of hydrogen-bond acceptors (Lipinski definition) is 15. The largest absolute Gasteiger partial charge is 0.472 e. The van der Waals surface area contributed by atoms with Crippen molar-refractivity contribution in [1.29, 1.82) is 0 Å². The van der Waals surface area contributed by atoms with E-state index in [1.807, 2.05) is 0 Å². The lowest BCUT2D eigenvalue weighted by Gasteiger charge is -2.21. The molecule has 17 nitrogen and oxygen atoms in total. The zero-order valence-electron chi connectivity index (χ0n) is 58.3. The third kappa shape index (κ3) is 63.5. The molecule has 90 heavy (non-hydrogen) atoms. The van der Waals surface area contributed by atoms with Gasteiger partial charge in [0.2, 0.25) is 0 Å². The number of aliphatic hydroxyl groups excluding tert-OH is 1. The van der Waals surface area contributed by atoms with Gasteiger partial charge in [-0.15, -0.1) is 0 Å². The van der Waals surface area contributed by atoms with Gasteiger partial charge in [0.05, 0.1) is 26.4 Å². The van der Waals surface area contributed by atoms with E-state index in [-0.39, 0.29) is 25.7 Å². The molecular formula is C71H138O17P2. The number of carbonyl (C=O) groups is 4. The fourth-order valence-electron chi connectivity index (χ4n) is 10.8. The van der Waals surface area contributed by atoms with Gasteiger partial charge < -0.3 is 33.8 Å². The van der Waals surface area contributed by atoms with Crippen LogP contribution in [-0.4, -0.2) is 96.7 Å². The normalized spacial score (nSPS) is 14.4. The van der Waals surface area contributed by atoms with Crippen molar-refractivity contribution in [3.05, 3.63) is 0 Å². The minimum absolute atomic E-state index is 0.102. The number of unbranched alkanes of at least 4 members (excludes halogenated alkanes) is 42. The summed E-state index contributed by atoms with van der Waals surface area (Å²) < 4.78 is 68.1. The molecule has 0 aliphatic carbocycles. The van der Waals surface area contributed by atoms with Gasteiger partial charge in [-0.3, -0.25) is 37.3 Å². The molecule has 0 saturated carbocycles. The molecule has 0 radical (unpaired) electrons. The monoisotopic (exact) mass is 1320 g/mol. The second-order valence-electron chi connectivity index (χ2n) is 25.9. The van der Waals surface area contributed by atoms with Crippen molar-refractivity contribution in [2.45, 2.75) is 387 Å². The minimum atomic E-state index is -4.95. The zero-order valence-corrected chi connectivity index (χ0v) is 60.1. The highest BCUT2D eigenvalue weighted by Crippen LogP contribution is 2.45. The van der Waals surface area contributed by atoms with Crippen molar-refractivity contribution < 1.29 is 80.2 Å². The van der Waals surface area contributed by atoms with Crippen molar-refractivity contribution in [1.82, 2.24) is 0 Å². The first-order valence-corrected chi connectivity index (χ1v) is 40.2. The van der Waals surface area contributed by atoms with Gasteiger partial charge in [-0.2, -0.15) is 0 Å². The van der Waals surface area contributed by atoms with E-state index in [1.165, 1.54) is 186 Å². The second kappa shape index (κ2) is 64.4. The summed E-state index contributed by atoms with van der Waals surface area (Å²) in [5, 5.41) is 10.6. The fourth-order valence-corrected chi connectivity index (χ4v) is 12.4. The standard InChI is InChI=1S/C71H138O17P2/c1-6-10-13-16-18-20-22-24-26-27-28-29-30-32-34-36-38-40-46-51-56-70(75)87-67(61-82-69(74)55-50-45-39-37-35-33-31-25-23-21-19-17-14-11-7-2)63-86-90(79,80)84-59-65(72)58-83-89(77,78)85-62-66(60-81-68(73)54-49-43-15-12-8-3)88-71(76)57-52-47-42-41-44-48-53-64(5)9-4/h64-67,72H,6-63H2,1-5H3,(H,77,78)(H,79,80)/t64?,65-,66+,67+/m0/s1. The third-order valence-corrected chi connectivity index (χ3v) is 18.8. The molecule has 6 atom stereocenters. The van der Waals surface area contributed by atoms with E-state index in [4.69, 9.17) is 37.0 Å². The Morgan fingerprint density at radius 1 is 0.311 bits per heavy atom. The van der Waals surface area contributed by atoms with Crippen LogP contribution >= 0.6 is 15.6 Å². The molecule has 0 fully saturated rings. The van der Waals surface area contributed by atoms with E-state index in [1.54, 1.807) is 0 Å². The number of phosphoric acid groups is 2. The average molecular weight is 1330 g/mol. The quantitative estimate of drug-likeness (QED) is 0.0222. The number of rotatable bonds is 71. The predicted octanol–water partition coefficient (Wildman–Crippen LogP) is 20.5. The Hall–Kier alpha value is -1.94. The molecule has 0 aliphatic heterocycles. The third-order valence-electron chi connectivity index (χ3n) is 16.9. The van der Waals surface area contributed by atoms with Crippen LogP contribution in [0.3, 0.4) is 0 Å². The summed E-state index contributed by atoms with van der Waals surface area (Å²) >= 11 is 0. The maximum absolute atomic E-state index is 13.0. The van der Waals surface area contributed by atoms with Crippen LogP contribution in [0.5, 0.6) is 0 Å². The lowest BCUT2D eigenvalue weighted by molar-refractivity contribution is -0.161. The molecule has 3 unspecified atom stereocenters. The molecule has 0 aliphatic rings. The van der Waals surface area contributed by atoms with Gasteiger partial charge in [0, 0.05) is 25.7 Å². The number of aliphatic hydroxyl groups is 1. The van der Waals surface area contributed by atoms with Crippen molar-refractivity contribution in [2.75, 3.05) is 39.6 Å². The first-order chi connectivity index (χ1) is 43.6. The van der Waals surface area contributed by atoms with Crippen LogP contribution in [0.2, 0.25) is 0 Å². The summed E-state index contributed by atoms with van der Waals surface area (Å²) in [6.45, 7) is 7.11. The smallest absolute Gasteiger partial charge is 0.462 e. The number of esters is 4. The second-order valence-corrected chi connectivity index (χ2v) is 28.8. The van der Waals surface area contributed by atoms with E-state index in [0.717, 1.165) is 102 Å². The molecule has 534 valence electrons. The maximum Gasteiger partial charge on any atom is 0.472 e. The Balaban J connectivity index is 5.13. The van der Waals surface area contributed by atoms with Gasteiger partial charge >= 0.3 is 39.5 Å². The first-order valence-electron chi connectivity index (χ1n) is 37.2. The number of hydrogen-bond donors (Lipinski definition) is 3. The molecule has 19 heteroatoms. The lowest BCUT2D eigenvalue weighted by Crippen LogP contribution is -2.30. The minimum Gasteiger partial charge on any atom is -0.462 e. The fraction of sp³-hybridized carbons (Fsp3) is 0.944. The number of ether oxygens (including phenoxy) is 4. The van der Waals surface area contributed by atoms with Gasteiger partial charge in [-0.25, -0.2) is 9.13 Å². The van der Waals surface area contributed by atoms with Gasteiger partial charge in [0.15, 0.2) is 12.2 Å². The van der Waals surface area contributed by atoms with Crippen molar-refractivity contribution in [3.63, 3.8) is 0 Å². The van der Waals surface area contributed by atoms with E-state index < -0.39 is 97.5 Å². The molecule has 0 heterocycles. The lowest BCUT2D eigenvalue weighted by atomic mass is 10.00. The van der Waals surface area contributed by atoms with Crippen molar-refractivity contribution >= 4 is 39.5 Å². The average Bonchev–Trinajstić information content (AvgIpc) is 3.23. The Bertz CT molecular complexity index is 1740. The Kier molecular flexibility index (Phi) is 63.0. The Morgan fingerprint density at radius 2 is 0.533 bits per heavy atom. The topological polar surface area (TPSA) is 237 Å². The Morgan fingerprint density at radius 3 is 0.789 bits per heavy atom. The molecule has 0 amide bonds. The van der Waals surface area contributed by atoms with Crippen molar-refractivity contribution in [3.8, 4) is 0 Å². The molecule has 0 spiro atoms. The van der Waals surface area contributed by atoms with E-state index in [2.05, 4.69) is 34.6 Å². The van der Waals surface area contributed by atoms with Gasteiger partial charge in [-0.05, 0) is 31.6 Å². The van der Waals surface area contributed by atoms with Crippen LogP contribution < -0.4 is 0 Å². The van der Waals surface area contributed by atoms with Crippen molar-refractivity contribution in [2.24, 2.45) is 5.92 Å². The number of carbonyl (C=O) groups excluding carboxylic acids is 4. The summed E-state index contributed by atoms with van der Waals surface area (Å²) in [4.78, 5) is 72.3. The van der Waals surface area contributed by atoms with Crippen LogP contribution in [0, 0.1) is 5.92 Å². The first kappa shape index (κ1) is 88.1. The summed E-state index contributed by atoms with van der Waals surface area (Å²) in [7, 11) is -9.89. The van der Waals surface area contributed by atoms with Crippen LogP contribution in [0.15, 0.2) is 0 Å². The summed E-state index contributed by atoms with van der Waals surface area (Å²) in [5.41, 5.74) is 0. The molecule has 0 bridgehead atoms. The van der Waals surface area contributed by atoms with E-state index in [0.29, 0.717) is 25.7 Å². The highest BCUT2D eigenvalue weighted by molar-refractivity contribution is 7.47. The van der Waals surface area contributed by atoms with Gasteiger partial charge in [0.25, 0.3) is 0 Å². The highest BCUT2D eigenvalue weighted by Gasteiger charge is 2.30. The van der Waals surface area contributed by atoms with E-state index >= 15 is 0 Å². The molecule has 3 N–H and O–H groups in total. The molecular weight excluding hydrogens is 1190 g/mol. The molecule has 0 aromatic carbocycles. The molecule has 0 rings (SSSR count). The zero-order chi connectivity index (χ0) is 66.3. The van der Waals surface area contributed by atoms with Gasteiger partial charge in [-0.1, -0.05) is 317 Å². The molecule has 0 aromatic heterocycles. The maximum atomic E-state index is 13.0. The van der Waals surface area contributed by atoms with Crippen LogP contribution in [0.1, 0.15) is 369 Å². The van der Waals surface area contributed by atoms with Crippen LogP contribution in [0.4, 0.5) is 0 Å². The van der Waals surface area contributed by atoms with Crippen LogP contribution in [0.25, 0.3) is 0 Å². The number of phosphoric ester groups is 2. The summed E-state index contributed by atoms with van der Waals surface area (Å²) in [5.74, 6) is -1.41. The summed E-state index contributed by atoms with van der Waals surface area (Å²) in [6, 6.07) is 0. The predicted molar refractivity (Wildman–Crippen MR) is 363 cm³/mol. The SMILES string of the molecule is CCCCCCCCCCCCCCCCCCCCCCC(=O)O[C@H](COC(=O)CCCCCCCCCCCCCCCCC)COP(=O)(O)OC[C@@H](O)COP(=O)(O)OC[C@@H](COC(=O)CCCCCCC)OC(=O)CCCCCCCCC(C)CC. The Labute approximate surface area is 549 Å².